The first-order valence-corrected chi connectivity index (χ1v) is 11.2. The fraction of sp³-hybridized carbons (Fsp3) is 0.636. The van der Waals surface area contributed by atoms with E-state index in [1.165, 1.54) is 10.9 Å². The van der Waals surface area contributed by atoms with Gasteiger partial charge in [0.15, 0.2) is 0 Å². The Kier molecular flexibility index (Phi) is 5.59. The lowest BCUT2D eigenvalue weighted by Gasteiger charge is -2.26. The standard InChI is InChI=1S/C22H26F5N5O/c23-19(24)9-32-18(6-17(30-32)12-3-16(22(25,26)27)21(28)29-7-12)20-14-4-13(5-15(14)20)31-2-1-11(8-31)10-33/h3,6-7,11,13-15,19-20,33H,1-2,4-5,8-10H2,(H2,28,29)/t11-,13-,14-,15+,20+/m0/s1. The number of aliphatic hydroxyl groups excluding tert-OH is 1. The maximum atomic E-state index is 13.2. The number of aliphatic hydroxyl groups is 1. The van der Waals surface area contributed by atoms with E-state index in [2.05, 4.69) is 15.0 Å². The van der Waals surface area contributed by atoms with Gasteiger partial charge in [-0.3, -0.25) is 9.58 Å². The van der Waals surface area contributed by atoms with Gasteiger partial charge in [-0.25, -0.2) is 13.8 Å². The summed E-state index contributed by atoms with van der Waals surface area (Å²) >= 11 is 0. The van der Waals surface area contributed by atoms with Crippen molar-refractivity contribution in [2.75, 3.05) is 25.4 Å². The van der Waals surface area contributed by atoms with Crippen LogP contribution in [-0.2, 0) is 12.7 Å². The molecular weight excluding hydrogens is 445 g/mol. The van der Waals surface area contributed by atoms with Gasteiger partial charge in [0.2, 0.25) is 0 Å². The molecule has 3 N–H and O–H groups in total. The summed E-state index contributed by atoms with van der Waals surface area (Å²) in [7, 11) is 0. The Bertz CT molecular complexity index is 1010. The molecule has 2 saturated carbocycles. The number of likely N-dealkylation sites (tertiary alicyclic amines) is 1. The van der Waals surface area contributed by atoms with E-state index in [1.807, 2.05) is 0 Å². The van der Waals surface area contributed by atoms with Gasteiger partial charge in [0.1, 0.15) is 12.4 Å². The normalized spacial score (nSPS) is 29.7. The second-order valence-electron chi connectivity index (χ2n) is 9.49. The fourth-order valence-corrected chi connectivity index (χ4v) is 5.85. The lowest BCUT2D eigenvalue weighted by Crippen LogP contribution is -2.33. The predicted octanol–water partition coefficient (Wildman–Crippen LogP) is 3.62. The SMILES string of the molecule is Nc1ncc(-c2cc([C@H]3[C@@H]4C[C@@H](N5CC[C@H](CO)C5)C[C@@H]43)n(CC(F)F)n2)cc1C(F)(F)F. The van der Waals surface area contributed by atoms with Crippen LogP contribution in [0.3, 0.4) is 0 Å². The third-order valence-corrected chi connectivity index (χ3v) is 7.50. The Morgan fingerprint density at radius 1 is 1.18 bits per heavy atom. The number of nitrogen functional groups attached to an aromatic ring is 1. The molecule has 3 fully saturated rings. The van der Waals surface area contributed by atoms with Gasteiger partial charge in [0.25, 0.3) is 6.43 Å². The van der Waals surface area contributed by atoms with Crippen molar-refractivity contribution in [3.63, 3.8) is 0 Å². The molecule has 0 unspecified atom stereocenters. The number of halogens is 5. The van der Waals surface area contributed by atoms with Crippen molar-refractivity contribution in [2.24, 2.45) is 17.8 Å². The number of alkyl halides is 5. The van der Waals surface area contributed by atoms with E-state index >= 15 is 0 Å². The second-order valence-corrected chi connectivity index (χ2v) is 9.49. The molecule has 5 atom stereocenters. The number of rotatable bonds is 6. The molecule has 180 valence electrons. The molecule has 2 aromatic heterocycles. The molecule has 1 aliphatic heterocycles. The highest BCUT2D eigenvalue weighted by Crippen LogP contribution is 2.64. The van der Waals surface area contributed by atoms with Crippen LogP contribution < -0.4 is 5.73 Å². The summed E-state index contributed by atoms with van der Waals surface area (Å²) in [6.07, 6.45) is -3.19. The van der Waals surface area contributed by atoms with Gasteiger partial charge in [-0.15, -0.1) is 0 Å². The third kappa shape index (κ3) is 4.21. The summed E-state index contributed by atoms with van der Waals surface area (Å²) in [6, 6.07) is 2.94. The molecule has 5 rings (SSSR count). The average Bonchev–Trinajstić information content (AvgIpc) is 3.21. The Hall–Kier alpha value is -2.27. The number of pyridine rings is 1. The molecule has 2 aliphatic carbocycles. The van der Waals surface area contributed by atoms with Crippen molar-refractivity contribution in [1.29, 1.82) is 0 Å². The van der Waals surface area contributed by atoms with E-state index < -0.39 is 30.5 Å². The Labute approximate surface area is 187 Å². The molecule has 33 heavy (non-hydrogen) atoms. The molecule has 3 aliphatic rings. The summed E-state index contributed by atoms with van der Waals surface area (Å²) in [5, 5.41) is 13.6. The first-order valence-electron chi connectivity index (χ1n) is 11.2. The van der Waals surface area contributed by atoms with Crippen molar-refractivity contribution < 1.29 is 27.1 Å². The molecular formula is C22H26F5N5O. The highest BCUT2D eigenvalue weighted by atomic mass is 19.4. The quantitative estimate of drug-likeness (QED) is 0.630. The third-order valence-electron chi connectivity index (χ3n) is 7.50. The molecule has 0 radical (unpaired) electrons. The van der Waals surface area contributed by atoms with Gasteiger partial charge in [0.05, 0.1) is 11.3 Å². The van der Waals surface area contributed by atoms with Crippen molar-refractivity contribution >= 4 is 5.82 Å². The van der Waals surface area contributed by atoms with Crippen LogP contribution in [0.4, 0.5) is 27.8 Å². The number of hydrogen-bond acceptors (Lipinski definition) is 5. The summed E-state index contributed by atoms with van der Waals surface area (Å²) in [4.78, 5) is 6.07. The zero-order chi connectivity index (χ0) is 23.5. The first-order chi connectivity index (χ1) is 15.7. The maximum Gasteiger partial charge on any atom is 0.419 e. The second kappa shape index (κ2) is 8.19. The lowest BCUT2D eigenvalue weighted by atomic mass is 10.0. The first kappa shape index (κ1) is 22.5. The van der Waals surface area contributed by atoms with Crippen molar-refractivity contribution in [1.82, 2.24) is 19.7 Å². The summed E-state index contributed by atoms with van der Waals surface area (Å²) in [6.45, 7) is 1.46. The monoisotopic (exact) mass is 471 g/mol. The summed E-state index contributed by atoms with van der Waals surface area (Å²) in [5.41, 5.74) is 5.26. The topological polar surface area (TPSA) is 80.2 Å². The van der Waals surface area contributed by atoms with Crippen LogP contribution in [0.1, 0.15) is 36.4 Å². The zero-order valence-electron chi connectivity index (χ0n) is 17.8. The molecule has 0 bridgehead atoms. The van der Waals surface area contributed by atoms with Crippen LogP contribution in [0, 0.1) is 17.8 Å². The smallest absolute Gasteiger partial charge is 0.396 e. The van der Waals surface area contributed by atoms with Gasteiger partial charge in [0, 0.05) is 42.6 Å². The number of anilines is 1. The molecule has 0 aromatic carbocycles. The van der Waals surface area contributed by atoms with Crippen LogP contribution in [0.2, 0.25) is 0 Å². The van der Waals surface area contributed by atoms with Gasteiger partial charge < -0.3 is 10.8 Å². The van der Waals surface area contributed by atoms with E-state index in [1.54, 1.807) is 6.07 Å². The number of fused-ring (bicyclic) bond motifs is 1. The highest BCUT2D eigenvalue weighted by molar-refractivity contribution is 5.63. The van der Waals surface area contributed by atoms with Gasteiger partial charge in [-0.1, -0.05) is 0 Å². The van der Waals surface area contributed by atoms with E-state index in [0.717, 1.165) is 38.4 Å². The van der Waals surface area contributed by atoms with Crippen LogP contribution >= 0.6 is 0 Å². The minimum Gasteiger partial charge on any atom is -0.396 e. The van der Waals surface area contributed by atoms with Crippen molar-refractivity contribution in [3.05, 3.63) is 29.6 Å². The zero-order valence-corrected chi connectivity index (χ0v) is 17.8. The number of hydrogen-bond donors (Lipinski definition) is 2. The highest BCUT2D eigenvalue weighted by Gasteiger charge is 2.59. The van der Waals surface area contributed by atoms with Crippen LogP contribution in [0.25, 0.3) is 11.3 Å². The van der Waals surface area contributed by atoms with Crippen LogP contribution in [0.15, 0.2) is 18.3 Å². The number of nitrogens with zero attached hydrogens (tertiary/aromatic N) is 4. The van der Waals surface area contributed by atoms with E-state index in [9.17, 15) is 27.1 Å². The Morgan fingerprint density at radius 3 is 2.52 bits per heavy atom. The van der Waals surface area contributed by atoms with Crippen molar-refractivity contribution in [2.45, 2.75) is 50.4 Å². The minimum absolute atomic E-state index is 0.0846. The molecule has 2 aromatic rings. The molecule has 0 amide bonds. The largest absolute Gasteiger partial charge is 0.419 e. The average molecular weight is 471 g/mol. The molecule has 3 heterocycles. The van der Waals surface area contributed by atoms with Crippen LogP contribution in [-0.4, -0.2) is 56.9 Å². The summed E-state index contributed by atoms with van der Waals surface area (Å²) in [5.74, 6) is 0.495. The van der Waals surface area contributed by atoms with E-state index in [-0.39, 0.29) is 23.8 Å². The van der Waals surface area contributed by atoms with Gasteiger partial charge in [-0.05, 0) is 55.7 Å². The van der Waals surface area contributed by atoms with Crippen molar-refractivity contribution in [3.8, 4) is 11.3 Å². The summed E-state index contributed by atoms with van der Waals surface area (Å²) < 4.78 is 67.4. The van der Waals surface area contributed by atoms with E-state index in [0.29, 0.717) is 29.5 Å². The van der Waals surface area contributed by atoms with E-state index in [4.69, 9.17) is 5.73 Å². The Balaban J connectivity index is 1.37. The van der Waals surface area contributed by atoms with Crippen LogP contribution in [0.5, 0.6) is 0 Å². The number of nitrogens with two attached hydrogens (primary N) is 1. The fourth-order valence-electron chi connectivity index (χ4n) is 5.85. The maximum absolute atomic E-state index is 13.2. The molecule has 6 nitrogen and oxygen atoms in total. The van der Waals surface area contributed by atoms with Gasteiger partial charge in [-0.2, -0.15) is 18.3 Å². The minimum atomic E-state index is -4.67. The molecule has 11 heteroatoms. The molecule has 0 spiro atoms. The molecule has 1 saturated heterocycles. The van der Waals surface area contributed by atoms with Gasteiger partial charge >= 0.3 is 6.18 Å². The number of aromatic nitrogens is 3. The predicted molar refractivity (Wildman–Crippen MR) is 110 cm³/mol. The Morgan fingerprint density at radius 2 is 1.91 bits per heavy atom. The lowest BCUT2D eigenvalue weighted by molar-refractivity contribution is -0.137.